The minimum absolute atomic E-state index is 0.0603. The lowest BCUT2D eigenvalue weighted by Gasteiger charge is -2.09. The van der Waals surface area contributed by atoms with E-state index in [1.54, 1.807) is 36.6 Å². The molecule has 0 fully saturated rings. The number of nitrogens with one attached hydrogen (secondary N) is 3. The molecule has 4 aromatic rings. The van der Waals surface area contributed by atoms with Gasteiger partial charge in [-0.15, -0.1) is 11.3 Å². The molecular weight excluding hydrogens is 444 g/mol. The molecule has 2 aromatic heterocycles. The van der Waals surface area contributed by atoms with Crippen molar-refractivity contribution in [3.05, 3.63) is 98.5 Å². The topological polar surface area (TPSA) is 86.3 Å². The molecular formula is C24H19ClN4O2S. The number of fused-ring (bicyclic) bond motifs is 1. The van der Waals surface area contributed by atoms with E-state index in [0.29, 0.717) is 5.02 Å². The van der Waals surface area contributed by atoms with Crippen molar-refractivity contribution in [1.29, 1.82) is 0 Å². The molecule has 160 valence electrons. The highest BCUT2D eigenvalue weighted by molar-refractivity contribution is 7.10. The van der Waals surface area contributed by atoms with Crippen LogP contribution in [0.25, 0.3) is 17.0 Å². The Hall–Kier alpha value is -3.68. The molecule has 0 atom stereocenters. The Morgan fingerprint density at radius 3 is 2.62 bits per heavy atom. The molecule has 4 rings (SSSR count). The smallest absolute Gasteiger partial charge is 0.287 e. The molecule has 0 spiro atoms. The summed E-state index contributed by atoms with van der Waals surface area (Å²) in [6, 6.07) is 18.2. The summed E-state index contributed by atoms with van der Waals surface area (Å²) < 4.78 is 0. The number of H-pyrrole nitrogens is 1. The Kier molecular flexibility index (Phi) is 6.49. The van der Waals surface area contributed by atoms with E-state index in [2.05, 4.69) is 20.8 Å². The van der Waals surface area contributed by atoms with E-state index >= 15 is 0 Å². The molecule has 6 nitrogen and oxygen atoms in total. The number of benzene rings is 2. The summed E-state index contributed by atoms with van der Waals surface area (Å²) in [4.78, 5) is 29.7. The molecule has 2 aromatic carbocycles. The lowest BCUT2D eigenvalue weighted by Crippen LogP contribution is -2.33. The maximum Gasteiger partial charge on any atom is 0.287 e. The zero-order chi connectivity index (χ0) is 22.5. The van der Waals surface area contributed by atoms with Gasteiger partial charge in [0.2, 0.25) is 0 Å². The predicted octanol–water partition coefficient (Wildman–Crippen LogP) is 5.11. The lowest BCUT2D eigenvalue weighted by atomic mass is 10.1. The van der Waals surface area contributed by atoms with Gasteiger partial charge in [-0.05, 0) is 42.6 Å². The molecule has 0 aliphatic carbocycles. The second-order valence-electron chi connectivity index (χ2n) is 6.92. The first-order valence-corrected chi connectivity index (χ1v) is 11.0. The van der Waals surface area contributed by atoms with Crippen molar-refractivity contribution in [1.82, 2.24) is 15.7 Å². The van der Waals surface area contributed by atoms with Crippen molar-refractivity contribution in [3.63, 3.8) is 0 Å². The number of aryl methyl sites for hydroxylation is 1. The SMILES string of the molecule is Cc1[nH]c2ccccc2c1C=NNC(=O)/C(=C\c1cccs1)NC(=O)c1ccccc1Cl. The maximum absolute atomic E-state index is 12.9. The summed E-state index contributed by atoms with van der Waals surface area (Å²) in [6.45, 7) is 1.94. The molecule has 0 saturated heterocycles. The number of halogens is 1. The first-order valence-electron chi connectivity index (χ1n) is 9.74. The Labute approximate surface area is 193 Å². The molecule has 0 radical (unpaired) electrons. The van der Waals surface area contributed by atoms with E-state index in [1.165, 1.54) is 11.3 Å². The van der Waals surface area contributed by atoms with E-state index in [-0.39, 0.29) is 11.3 Å². The number of thiophene rings is 1. The standard InChI is InChI=1S/C24H19ClN4O2S/c1-15-19(17-8-3-5-11-21(17)27-15)14-26-29-24(31)22(13-16-7-6-12-32-16)28-23(30)18-9-2-4-10-20(18)25/h2-14,27H,1H3,(H,28,30)(H,29,31)/b22-13+,26-14?. The Morgan fingerprint density at radius 1 is 1.06 bits per heavy atom. The van der Waals surface area contributed by atoms with Crippen molar-refractivity contribution >= 4 is 57.9 Å². The van der Waals surface area contributed by atoms with Crippen LogP contribution in [-0.2, 0) is 4.79 Å². The molecule has 0 aliphatic heterocycles. The van der Waals surface area contributed by atoms with E-state index in [1.807, 2.05) is 48.7 Å². The largest absolute Gasteiger partial charge is 0.358 e. The third-order valence-electron chi connectivity index (χ3n) is 4.74. The number of carbonyl (C=O) groups excluding carboxylic acids is 2. The van der Waals surface area contributed by atoms with Gasteiger partial charge in [-0.25, -0.2) is 5.43 Å². The monoisotopic (exact) mass is 462 g/mol. The van der Waals surface area contributed by atoms with Crippen molar-refractivity contribution in [3.8, 4) is 0 Å². The van der Waals surface area contributed by atoms with Crippen LogP contribution in [0, 0.1) is 6.92 Å². The van der Waals surface area contributed by atoms with Gasteiger partial charge in [-0.3, -0.25) is 9.59 Å². The van der Waals surface area contributed by atoms with Crippen LogP contribution in [-0.4, -0.2) is 23.0 Å². The molecule has 3 N–H and O–H groups in total. The first-order chi connectivity index (χ1) is 15.5. The molecule has 0 bridgehead atoms. The van der Waals surface area contributed by atoms with Crippen molar-refractivity contribution in [2.45, 2.75) is 6.92 Å². The van der Waals surface area contributed by atoms with Gasteiger partial charge in [0.1, 0.15) is 5.70 Å². The number of amides is 2. The third kappa shape index (κ3) is 4.80. The number of aromatic nitrogens is 1. The molecule has 8 heteroatoms. The first kappa shape index (κ1) is 21.5. The normalized spacial score (nSPS) is 11.8. The van der Waals surface area contributed by atoms with E-state index in [0.717, 1.165) is 27.0 Å². The van der Waals surface area contributed by atoms with Crippen LogP contribution in [0.4, 0.5) is 0 Å². The van der Waals surface area contributed by atoms with Gasteiger partial charge >= 0.3 is 0 Å². The molecule has 32 heavy (non-hydrogen) atoms. The van der Waals surface area contributed by atoms with Crippen LogP contribution in [0.2, 0.25) is 5.02 Å². The third-order valence-corrected chi connectivity index (χ3v) is 5.89. The van der Waals surface area contributed by atoms with Crippen LogP contribution in [0.5, 0.6) is 0 Å². The minimum atomic E-state index is -0.549. The number of hydrazone groups is 1. The van der Waals surface area contributed by atoms with Crippen molar-refractivity contribution < 1.29 is 9.59 Å². The van der Waals surface area contributed by atoms with Crippen LogP contribution in [0.1, 0.15) is 26.5 Å². The number of para-hydroxylation sites is 1. The highest BCUT2D eigenvalue weighted by atomic mass is 35.5. The summed E-state index contributed by atoms with van der Waals surface area (Å²) in [7, 11) is 0. The average molecular weight is 463 g/mol. The summed E-state index contributed by atoms with van der Waals surface area (Å²) in [5.74, 6) is -1.03. The predicted molar refractivity (Wildman–Crippen MR) is 130 cm³/mol. The maximum atomic E-state index is 12.9. The second-order valence-corrected chi connectivity index (χ2v) is 8.30. The number of aromatic amines is 1. The molecule has 0 aliphatic rings. The second kappa shape index (κ2) is 9.64. The Morgan fingerprint density at radius 2 is 1.84 bits per heavy atom. The van der Waals surface area contributed by atoms with Crippen LogP contribution in [0.15, 0.2) is 76.8 Å². The summed E-state index contributed by atoms with van der Waals surface area (Å²) >= 11 is 7.57. The molecule has 0 saturated carbocycles. The fourth-order valence-corrected chi connectivity index (χ4v) is 4.07. The zero-order valence-corrected chi connectivity index (χ0v) is 18.6. The zero-order valence-electron chi connectivity index (χ0n) is 17.1. The summed E-state index contributed by atoms with van der Waals surface area (Å²) in [5.41, 5.74) is 5.64. The highest BCUT2D eigenvalue weighted by Crippen LogP contribution is 2.20. The van der Waals surface area contributed by atoms with Gasteiger partial charge in [0.05, 0.1) is 16.8 Å². The van der Waals surface area contributed by atoms with Crippen molar-refractivity contribution in [2.24, 2.45) is 5.10 Å². The van der Waals surface area contributed by atoms with Crippen molar-refractivity contribution in [2.75, 3.05) is 0 Å². The number of hydrogen-bond acceptors (Lipinski definition) is 4. The minimum Gasteiger partial charge on any atom is -0.358 e. The fourth-order valence-electron chi connectivity index (χ4n) is 3.19. The number of rotatable bonds is 6. The summed E-state index contributed by atoms with van der Waals surface area (Å²) in [5, 5.41) is 9.95. The van der Waals surface area contributed by atoms with Gasteiger partial charge in [0.15, 0.2) is 0 Å². The highest BCUT2D eigenvalue weighted by Gasteiger charge is 2.16. The molecule has 0 unspecified atom stereocenters. The van der Waals surface area contributed by atoms with E-state index in [4.69, 9.17) is 11.6 Å². The summed E-state index contributed by atoms with van der Waals surface area (Å²) in [6.07, 6.45) is 3.19. The fraction of sp³-hybridized carbons (Fsp3) is 0.0417. The van der Waals surface area contributed by atoms with Gasteiger partial charge in [-0.1, -0.05) is 48.0 Å². The quantitative estimate of drug-likeness (QED) is 0.211. The number of hydrogen-bond donors (Lipinski definition) is 3. The Balaban J connectivity index is 1.55. The van der Waals surface area contributed by atoms with E-state index in [9.17, 15) is 9.59 Å². The van der Waals surface area contributed by atoms with Crippen LogP contribution >= 0.6 is 22.9 Å². The Bertz CT molecular complexity index is 1340. The molecule has 2 heterocycles. The van der Waals surface area contributed by atoms with Gasteiger partial charge in [0, 0.05) is 27.0 Å². The average Bonchev–Trinajstić information content (AvgIpc) is 3.41. The number of carbonyl (C=O) groups is 2. The lowest BCUT2D eigenvalue weighted by molar-refractivity contribution is -0.117. The van der Waals surface area contributed by atoms with Crippen LogP contribution < -0.4 is 10.7 Å². The number of nitrogens with zero attached hydrogens (tertiary/aromatic N) is 1. The van der Waals surface area contributed by atoms with Gasteiger partial charge in [0.25, 0.3) is 11.8 Å². The molecule has 2 amide bonds. The van der Waals surface area contributed by atoms with Gasteiger partial charge < -0.3 is 10.3 Å². The van der Waals surface area contributed by atoms with Crippen LogP contribution in [0.3, 0.4) is 0 Å². The van der Waals surface area contributed by atoms with Gasteiger partial charge in [-0.2, -0.15) is 5.10 Å². The van der Waals surface area contributed by atoms with E-state index < -0.39 is 11.8 Å².